The average Bonchev–Trinajstić information content (AvgIpc) is 2.37. The highest BCUT2D eigenvalue weighted by Crippen LogP contribution is 2.80. The van der Waals surface area contributed by atoms with Gasteiger partial charge >= 0.3 is 0 Å². The Morgan fingerprint density at radius 1 is 1.00 bits per heavy atom. The van der Waals surface area contributed by atoms with Crippen molar-refractivity contribution < 1.29 is 13.2 Å². The Kier molecular flexibility index (Phi) is 1.63. The lowest BCUT2D eigenvalue weighted by atomic mass is 9.92. The van der Waals surface area contributed by atoms with E-state index in [4.69, 9.17) is 4.74 Å². The minimum Gasteiger partial charge on any atom is -0.372 e. The van der Waals surface area contributed by atoms with Crippen molar-refractivity contribution in [2.45, 2.75) is 44.6 Å². The quantitative estimate of drug-likeness (QED) is 0.731. The monoisotopic (exact) mass is 257 g/mol. The Morgan fingerprint density at radius 2 is 1.53 bits per heavy atom. The zero-order valence-electron chi connectivity index (χ0n) is 10.6. The second-order valence-corrected chi connectivity index (χ2v) is 8.97. The molecule has 5 rings (SSSR count). The lowest BCUT2D eigenvalue weighted by Crippen LogP contribution is -2.61. The molecule has 1 aliphatic heterocycles. The fourth-order valence-electron chi connectivity index (χ4n) is 4.88. The molecule has 5 unspecified atom stereocenters. The van der Waals surface area contributed by atoms with Crippen LogP contribution in [0.3, 0.4) is 0 Å². The van der Waals surface area contributed by atoms with Gasteiger partial charge in [0.25, 0.3) is 0 Å². The Bertz CT molecular complexity index is 476. The smallest absolute Gasteiger partial charge is 0.211 e. The first kappa shape index (κ1) is 10.8. The summed E-state index contributed by atoms with van der Waals surface area (Å²) in [5.41, 5.74) is -0.113. The van der Waals surface area contributed by atoms with Gasteiger partial charge in [-0.15, -0.1) is 0 Å². The van der Waals surface area contributed by atoms with E-state index in [1.165, 1.54) is 6.26 Å². The molecule has 4 nitrogen and oxygen atoms in total. The molecule has 0 N–H and O–H groups in total. The number of ether oxygens (including phenoxy) is 1. The third kappa shape index (κ3) is 1.09. The van der Waals surface area contributed by atoms with Gasteiger partial charge in [0.2, 0.25) is 10.0 Å². The molecule has 4 saturated carbocycles. The maximum absolute atomic E-state index is 11.7. The van der Waals surface area contributed by atoms with E-state index in [-0.39, 0.29) is 17.7 Å². The van der Waals surface area contributed by atoms with Gasteiger partial charge in [0.15, 0.2) is 0 Å². The van der Waals surface area contributed by atoms with Crippen LogP contribution in [0.4, 0.5) is 0 Å². The molecule has 1 heterocycles. The molecule has 0 spiro atoms. The Labute approximate surface area is 102 Å². The Hall–Kier alpha value is -0.130. The lowest BCUT2D eigenvalue weighted by molar-refractivity contribution is -0.0984. The van der Waals surface area contributed by atoms with Crippen molar-refractivity contribution in [1.29, 1.82) is 0 Å². The number of nitrogens with zero attached hydrogens (tertiary/aromatic N) is 1. The van der Waals surface area contributed by atoms with Crippen LogP contribution >= 0.6 is 0 Å². The van der Waals surface area contributed by atoms with Crippen molar-refractivity contribution in [3.63, 3.8) is 0 Å². The van der Waals surface area contributed by atoms with Gasteiger partial charge in [0.05, 0.1) is 18.0 Å². The molecule has 1 saturated heterocycles. The topological polar surface area (TPSA) is 46.6 Å². The van der Waals surface area contributed by atoms with Gasteiger partial charge in [0.1, 0.15) is 0 Å². The van der Waals surface area contributed by atoms with Crippen molar-refractivity contribution >= 4 is 10.0 Å². The predicted octanol–water partition coefficient (Wildman–Crippen LogP) is 0.688. The van der Waals surface area contributed by atoms with Crippen LogP contribution in [-0.2, 0) is 14.8 Å². The van der Waals surface area contributed by atoms with Crippen molar-refractivity contribution in [2.24, 2.45) is 23.7 Å². The van der Waals surface area contributed by atoms with Crippen LogP contribution in [0.15, 0.2) is 0 Å². The molecule has 96 valence electrons. The van der Waals surface area contributed by atoms with Crippen molar-refractivity contribution in [3.8, 4) is 0 Å². The normalized spacial score (nSPS) is 54.9. The van der Waals surface area contributed by atoms with E-state index in [2.05, 4.69) is 20.8 Å². The molecule has 6 bridgehead atoms. The SMILES string of the molecule is CC(C)(C)OC1C2C3C2C2C1C3N2S(C)(=O)=O. The van der Waals surface area contributed by atoms with Crippen LogP contribution in [0, 0.1) is 23.7 Å². The number of hydrogen-bond donors (Lipinski definition) is 0. The number of sulfonamides is 1. The lowest BCUT2D eigenvalue weighted by Gasteiger charge is -2.46. The van der Waals surface area contributed by atoms with Crippen molar-refractivity contribution in [2.75, 3.05) is 6.26 Å². The van der Waals surface area contributed by atoms with Gasteiger partial charge in [-0.05, 0) is 38.5 Å². The average molecular weight is 257 g/mol. The van der Waals surface area contributed by atoms with Gasteiger partial charge in [-0.25, -0.2) is 8.42 Å². The summed E-state index contributed by atoms with van der Waals surface area (Å²) < 4.78 is 31.3. The standard InChI is InChI=1S/C12H19NO3S/c1-12(2,3)16-11-7-5-6(7)10-8(11)9(5)13(10)17(4,14)15/h5-11H,1-4H3. The number of piperidine rings is 1. The molecule has 0 amide bonds. The summed E-state index contributed by atoms with van der Waals surface area (Å²) in [6, 6.07) is 0.551. The predicted molar refractivity (Wildman–Crippen MR) is 62.8 cm³/mol. The minimum absolute atomic E-state index is 0.113. The maximum Gasteiger partial charge on any atom is 0.211 e. The van der Waals surface area contributed by atoms with Crippen LogP contribution in [-0.4, -0.2) is 42.8 Å². The number of rotatable bonds is 2. The van der Waals surface area contributed by atoms with E-state index in [1.54, 1.807) is 4.31 Å². The molecule has 5 aliphatic rings. The fraction of sp³-hybridized carbons (Fsp3) is 1.00. The van der Waals surface area contributed by atoms with Gasteiger partial charge in [-0.2, -0.15) is 4.31 Å². The highest BCUT2D eigenvalue weighted by atomic mass is 32.2. The molecule has 0 aromatic heterocycles. The van der Waals surface area contributed by atoms with Gasteiger partial charge in [-0.3, -0.25) is 0 Å². The second kappa shape index (κ2) is 2.58. The van der Waals surface area contributed by atoms with Gasteiger partial charge in [-0.1, -0.05) is 0 Å². The second-order valence-electron chi connectivity index (χ2n) is 7.08. The molecule has 5 fully saturated rings. The van der Waals surface area contributed by atoms with Crippen LogP contribution < -0.4 is 0 Å². The van der Waals surface area contributed by atoms with Crippen LogP contribution in [0.5, 0.6) is 0 Å². The maximum atomic E-state index is 11.7. The summed E-state index contributed by atoms with van der Waals surface area (Å²) in [6.45, 7) is 6.25. The molecule has 17 heavy (non-hydrogen) atoms. The molecular weight excluding hydrogens is 238 g/mol. The number of hydrogen-bond acceptors (Lipinski definition) is 3. The van der Waals surface area contributed by atoms with E-state index in [1.807, 2.05) is 0 Å². The molecule has 0 aromatic rings. The van der Waals surface area contributed by atoms with Crippen LogP contribution in [0.2, 0.25) is 0 Å². The molecule has 5 atom stereocenters. The van der Waals surface area contributed by atoms with E-state index >= 15 is 0 Å². The van der Waals surface area contributed by atoms with E-state index in [0.29, 0.717) is 29.8 Å². The summed E-state index contributed by atoms with van der Waals surface area (Å²) in [4.78, 5) is 0. The summed E-state index contributed by atoms with van der Waals surface area (Å²) in [5.74, 6) is 2.38. The molecule has 0 aromatic carbocycles. The third-order valence-corrected chi connectivity index (χ3v) is 6.24. The van der Waals surface area contributed by atoms with Crippen LogP contribution in [0.1, 0.15) is 20.8 Å². The van der Waals surface area contributed by atoms with Gasteiger partial charge < -0.3 is 4.74 Å². The first-order chi connectivity index (χ1) is 7.72. The fourth-order valence-corrected chi connectivity index (χ4v) is 6.32. The van der Waals surface area contributed by atoms with Gasteiger partial charge in [0, 0.05) is 18.0 Å². The zero-order valence-corrected chi connectivity index (χ0v) is 11.4. The minimum atomic E-state index is -3.00. The largest absolute Gasteiger partial charge is 0.372 e. The molecule has 4 aliphatic carbocycles. The highest BCUT2D eigenvalue weighted by Gasteiger charge is 2.88. The molecule has 5 heteroatoms. The highest BCUT2D eigenvalue weighted by molar-refractivity contribution is 7.88. The Balaban J connectivity index is 1.60. The van der Waals surface area contributed by atoms with Crippen LogP contribution in [0.25, 0.3) is 0 Å². The first-order valence-electron chi connectivity index (χ1n) is 6.38. The van der Waals surface area contributed by atoms with Crippen molar-refractivity contribution in [3.05, 3.63) is 0 Å². The van der Waals surface area contributed by atoms with E-state index in [9.17, 15) is 8.42 Å². The molecular formula is C12H19NO3S. The third-order valence-electron chi connectivity index (χ3n) is 4.99. The summed E-state index contributed by atoms with van der Waals surface area (Å²) >= 11 is 0. The van der Waals surface area contributed by atoms with Crippen molar-refractivity contribution in [1.82, 2.24) is 4.31 Å². The zero-order chi connectivity index (χ0) is 12.3. The first-order valence-corrected chi connectivity index (χ1v) is 8.23. The Morgan fingerprint density at radius 3 is 1.94 bits per heavy atom. The summed E-state index contributed by atoms with van der Waals surface area (Å²) in [6.07, 6.45) is 1.66. The summed E-state index contributed by atoms with van der Waals surface area (Å²) in [7, 11) is -3.00. The van der Waals surface area contributed by atoms with E-state index in [0.717, 1.165) is 0 Å². The summed E-state index contributed by atoms with van der Waals surface area (Å²) in [5, 5.41) is 0. The molecule has 0 radical (unpaired) electrons. The van der Waals surface area contributed by atoms with E-state index < -0.39 is 10.0 Å².